The fraction of sp³-hybridized carbons (Fsp3) is 0.632. The molecule has 1 amide bonds. The first-order valence-electron chi connectivity index (χ1n) is 8.91. The second kappa shape index (κ2) is 5.95. The van der Waals surface area contributed by atoms with E-state index in [4.69, 9.17) is 21.1 Å². The summed E-state index contributed by atoms with van der Waals surface area (Å²) in [4.78, 5) is 12.8. The minimum Gasteiger partial charge on any atom is -0.389 e. The molecule has 1 aliphatic carbocycles. The second-order valence-electron chi connectivity index (χ2n) is 7.63. The van der Waals surface area contributed by atoms with Crippen molar-refractivity contribution in [3.63, 3.8) is 0 Å². The van der Waals surface area contributed by atoms with E-state index in [1.54, 1.807) is 0 Å². The molecule has 1 aromatic rings. The maximum absolute atomic E-state index is 12.8. The van der Waals surface area contributed by atoms with E-state index in [0.717, 1.165) is 16.7 Å². The molecule has 2 spiro atoms. The number of aliphatic hydroxyl groups excluding tert-OH is 1. The molecule has 2 unspecified atom stereocenters. The summed E-state index contributed by atoms with van der Waals surface area (Å²) >= 11 is 6.12. The van der Waals surface area contributed by atoms with Crippen molar-refractivity contribution in [2.24, 2.45) is 0 Å². The standard InChI is InChI=1S/C19H24ClNO4/c1-11-9-13(20)10-12(2)14(11)15-16(22)18(21-17(15)23)3-5-19(6-4-18)24-7-8-25-19/h9-10,15-16,22H,3-8H2,1-2H3,(H,21,23). The Morgan fingerprint density at radius 3 is 2.24 bits per heavy atom. The van der Waals surface area contributed by atoms with E-state index in [1.807, 2.05) is 26.0 Å². The van der Waals surface area contributed by atoms with Crippen molar-refractivity contribution in [1.29, 1.82) is 0 Å². The van der Waals surface area contributed by atoms with Crippen molar-refractivity contribution < 1.29 is 19.4 Å². The summed E-state index contributed by atoms with van der Waals surface area (Å²) in [6.45, 7) is 5.12. The van der Waals surface area contributed by atoms with Gasteiger partial charge in [-0.15, -0.1) is 0 Å². The van der Waals surface area contributed by atoms with Crippen molar-refractivity contribution in [3.05, 3.63) is 33.8 Å². The third-order valence-electron chi connectivity index (χ3n) is 6.12. The molecule has 4 rings (SSSR count). The quantitative estimate of drug-likeness (QED) is 0.802. The molecule has 2 aliphatic heterocycles. The van der Waals surface area contributed by atoms with Gasteiger partial charge in [0.1, 0.15) is 0 Å². The van der Waals surface area contributed by atoms with Crippen LogP contribution in [0.25, 0.3) is 0 Å². The minimum absolute atomic E-state index is 0.106. The van der Waals surface area contributed by atoms with Crippen molar-refractivity contribution in [2.45, 2.75) is 62.9 Å². The lowest BCUT2D eigenvalue weighted by molar-refractivity contribution is -0.190. The predicted octanol–water partition coefficient (Wildman–Crippen LogP) is 2.59. The molecule has 1 aromatic carbocycles. The molecule has 136 valence electrons. The minimum atomic E-state index is -0.766. The Bertz CT molecular complexity index is 680. The van der Waals surface area contributed by atoms with Gasteiger partial charge in [-0.1, -0.05) is 11.6 Å². The first-order chi connectivity index (χ1) is 11.9. The molecule has 1 saturated carbocycles. The number of aryl methyl sites for hydroxylation is 2. The van der Waals surface area contributed by atoms with Crippen molar-refractivity contribution in [3.8, 4) is 0 Å². The first-order valence-corrected chi connectivity index (χ1v) is 9.28. The molecule has 2 N–H and O–H groups in total. The zero-order chi connectivity index (χ0) is 17.8. The van der Waals surface area contributed by atoms with Gasteiger partial charge >= 0.3 is 0 Å². The number of nitrogens with one attached hydrogen (secondary N) is 1. The summed E-state index contributed by atoms with van der Waals surface area (Å²) in [5.41, 5.74) is 2.17. The predicted molar refractivity (Wildman–Crippen MR) is 93.7 cm³/mol. The van der Waals surface area contributed by atoms with E-state index in [0.29, 0.717) is 43.9 Å². The first kappa shape index (κ1) is 17.3. The number of rotatable bonds is 1. The number of aliphatic hydroxyl groups is 1. The van der Waals surface area contributed by atoms with E-state index < -0.39 is 23.3 Å². The van der Waals surface area contributed by atoms with E-state index in [1.165, 1.54) is 0 Å². The van der Waals surface area contributed by atoms with Crippen molar-refractivity contribution >= 4 is 17.5 Å². The highest BCUT2D eigenvalue weighted by atomic mass is 35.5. The fourth-order valence-corrected chi connectivity index (χ4v) is 5.17. The summed E-state index contributed by atoms with van der Waals surface area (Å²) < 4.78 is 11.6. The van der Waals surface area contributed by atoms with Crippen LogP contribution in [0.15, 0.2) is 12.1 Å². The van der Waals surface area contributed by atoms with Crippen LogP contribution < -0.4 is 5.32 Å². The zero-order valence-electron chi connectivity index (χ0n) is 14.6. The van der Waals surface area contributed by atoms with Crippen LogP contribution in [0.3, 0.4) is 0 Å². The Hall–Kier alpha value is -1.14. The Balaban J connectivity index is 1.62. The van der Waals surface area contributed by atoms with Crippen LogP contribution in [-0.4, -0.2) is 41.7 Å². The van der Waals surface area contributed by atoms with Gasteiger partial charge in [0, 0.05) is 17.9 Å². The van der Waals surface area contributed by atoms with E-state index in [9.17, 15) is 9.90 Å². The van der Waals surface area contributed by atoms with Crippen LogP contribution in [0, 0.1) is 13.8 Å². The molecule has 5 nitrogen and oxygen atoms in total. The van der Waals surface area contributed by atoms with Crippen LogP contribution in [-0.2, 0) is 14.3 Å². The molecule has 0 aromatic heterocycles. The van der Waals surface area contributed by atoms with Gasteiger partial charge in [0.15, 0.2) is 5.79 Å². The number of carbonyl (C=O) groups excluding carboxylic acids is 1. The number of hydrogen-bond donors (Lipinski definition) is 2. The molecule has 25 heavy (non-hydrogen) atoms. The average Bonchev–Trinajstić information content (AvgIpc) is 3.09. The largest absolute Gasteiger partial charge is 0.389 e. The van der Waals surface area contributed by atoms with E-state index in [2.05, 4.69) is 5.32 Å². The summed E-state index contributed by atoms with van der Waals surface area (Å²) in [6.07, 6.45) is 1.92. The molecule has 6 heteroatoms. The monoisotopic (exact) mass is 365 g/mol. The highest BCUT2D eigenvalue weighted by molar-refractivity contribution is 6.30. The number of ether oxygens (including phenoxy) is 2. The molecule has 2 atom stereocenters. The molecule has 0 radical (unpaired) electrons. The Morgan fingerprint density at radius 1 is 1.12 bits per heavy atom. The van der Waals surface area contributed by atoms with Gasteiger partial charge in [0.05, 0.1) is 30.8 Å². The molecule has 2 saturated heterocycles. The summed E-state index contributed by atoms with van der Waals surface area (Å²) in [7, 11) is 0. The van der Waals surface area contributed by atoms with Crippen molar-refractivity contribution in [1.82, 2.24) is 5.32 Å². The van der Waals surface area contributed by atoms with Crippen LogP contribution in [0.4, 0.5) is 0 Å². The van der Waals surface area contributed by atoms with Gasteiger partial charge in [0.25, 0.3) is 0 Å². The van der Waals surface area contributed by atoms with Crippen molar-refractivity contribution in [2.75, 3.05) is 13.2 Å². The van der Waals surface area contributed by atoms with Crippen LogP contribution >= 0.6 is 11.6 Å². The summed E-state index contributed by atoms with van der Waals surface area (Å²) in [5, 5.41) is 14.9. The molecule has 2 heterocycles. The molecule has 3 aliphatic rings. The Morgan fingerprint density at radius 2 is 1.68 bits per heavy atom. The maximum Gasteiger partial charge on any atom is 0.230 e. The van der Waals surface area contributed by atoms with Crippen LogP contribution in [0.1, 0.15) is 48.3 Å². The highest BCUT2D eigenvalue weighted by Gasteiger charge is 2.57. The number of benzene rings is 1. The van der Waals surface area contributed by atoms with Gasteiger partial charge in [-0.25, -0.2) is 0 Å². The lowest BCUT2D eigenvalue weighted by Gasteiger charge is -2.43. The van der Waals surface area contributed by atoms with Gasteiger partial charge in [-0.2, -0.15) is 0 Å². The zero-order valence-corrected chi connectivity index (χ0v) is 15.4. The SMILES string of the molecule is Cc1cc(Cl)cc(C)c1C1C(=O)NC2(CCC3(CC2)OCCO3)C1O. The highest BCUT2D eigenvalue weighted by Crippen LogP contribution is 2.48. The second-order valence-corrected chi connectivity index (χ2v) is 8.07. The number of carbonyl (C=O) groups is 1. The normalized spacial score (nSPS) is 30.2. The lowest BCUT2D eigenvalue weighted by Crippen LogP contribution is -2.54. The van der Waals surface area contributed by atoms with Crippen LogP contribution in [0.5, 0.6) is 0 Å². The summed E-state index contributed by atoms with van der Waals surface area (Å²) in [5.74, 6) is -1.18. The third-order valence-corrected chi connectivity index (χ3v) is 6.34. The number of halogens is 1. The average molecular weight is 366 g/mol. The van der Waals surface area contributed by atoms with E-state index in [-0.39, 0.29) is 5.91 Å². The number of amides is 1. The van der Waals surface area contributed by atoms with Gasteiger partial charge < -0.3 is 19.9 Å². The molecule has 3 fully saturated rings. The Kier molecular flexibility index (Phi) is 4.11. The molecule has 0 bridgehead atoms. The summed E-state index contributed by atoms with van der Waals surface area (Å²) in [6, 6.07) is 3.70. The van der Waals surface area contributed by atoms with Crippen LogP contribution in [0.2, 0.25) is 5.02 Å². The molecular formula is C19H24ClNO4. The Labute approximate surface area is 152 Å². The number of hydrogen-bond acceptors (Lipinski definition) is 4. The smallest absolute Gasteiger partial charge is 0.230 e. The lowest BCUT2D eigenvalue weighted by atomic mass is 9.73. The van der Waals surface area contributed by atoms with Gasteiger partial charge in [-0.05, 0) is 55.5 Å². The third kappa shape index (κ3) is 2.69. The molecular weight excluding hydrogens is 342 g/mol. The van der Waals surface area contributed by atoms with Gasteiger partial charge in [0.2, 0.25) is 5.91 Å². The van der Waals surface area contributed by atoms with Gasteiger partial charge in [-0.3, -0.25) is 4.79 Å². The fourth-order valence-electron chi connectivity index (χ4n) is 4.84. The maximum atomic E-state index is 12.8. The van der Waals surface area contributed by atoms with E-state index >= 15 is 0 Å². The topological polar surface area (TPSA) is 67.8 Å².